The number of nitrogens with zero attached hydrogens (tertiary/aromatic N) is 2. The molecule has 0 saturated carbocycles. The summed E-state index contributed by atoms with van der Waals surface area (Å²) < 4.78 is 34.4. The molecular formula is C22H31N3O4S. The van der Waals surface area contributed by atoms with Crippen LogP contribution < -0.4 is 5.32 Å². The highest BCUT2D eigenvalue weighted by Gasteiger charge is 2.28. The molecule has 1 amide bonds. The molecule has 30 heavy (non-hydrogen) atoms. The maximum absolute atomic E-state index is 12.9. The second kappa shape index (κ2) is 9.76. The maximum Gasteiger partial charge on any atom is 0.268 e. The zero-order valence-corrected chi connectivity index (χ0v) is 18.7. The molecule has 0 atom stereocenters. The van der Waals surface area contributed by atoms with Crippen LogP contribution in [0.1, 0.15) is 54.7 Å². The van der Waals surface area contributed by atoms with Crippen LogP contribution in [0.4, 0.5) is 0 Å². The number of rotatable bonds is 8. The van der Waals surface area contributed by atoms with Crippen molar-refractivity contribution in [3.8, 4) is 0 Å². The van der Waals surface area contributed by atoms with Gasteiger partial charge in [-0.05, 0) is 43.9 Å². The Kier molecular flexibility index (Phi) is 7.33. The summed E-state index contributed by atoms with van der Waals surface area (Å²) in [5.41, 5.74) is 2.37. The summed E-state index contributed by atoms with van der Waals surface area (Å²) in [4.78, 5) is 12.8. The minimum atomic E-state index is -3.56. The van der Waals surface area contributed by atoms with Gasteiger partial charge in [-0.1, -0.05) is 30.7 Å². The zero-order chi connectivity index (χ0) is 21.7. The fourth-order valence-corrected chi connectivity index (χ4v) is 5.03. The number of carbonyl (C=O) groups excluding carboxylic acids is 1. The van der Waals surface area contributed by atoms with E-state index in [1.54, 1.807) is 11.6 Å². The smallest absolute Gasteiger partial charge is 0.268 e. The lowest BCUT2D eigenvalue weighted by Gasteiger charge is -2.25. The van der Waals surface area contributed by atoms with Gasteiger partial charge in [0.2, 0.25) is 10.0 Å². The van der Waals surface area contributed by atoms with Crippen LogP contribution in [0.5, 0.6) is 0 Å². The number of piperidine rings is 1. The van der Waals surface area contributed by atoms with Gasteiger partial charge in [-0.2, -0.15) is 4.31 Å². The Morgan fingerprint density at radius 2 is 1.73 bits per heavy atom. The number of benzene rings is 1. The van der Waals surface area contributed by atoms with Crippen LogP contribution in [0, 0.1) is 0 Å². The van der Waals surface area contributed by atoms with Gasteiger partial charge in [-0.25, -0.2) is 8.42 Å². The molecule has 164 valence electrons. The molecule has 0 radical (unpaired) electrons. The van der Waals surface area contributed by atoms with Crippen molar-refractivity contribution in [2.75, 3.05) is 13.1 Å². The van der Waals surface area contributed by atoms with E-state index in [1.807, 2.05) is 38.1 Å². The highest BCUT2D eigenvalue weighted by atomic mass is 32.2. The van der Waals surface area contributed by atoms with E-state index >= 15 is 0 Å². The Hall–Kier alpha value is -2.16. The first-order valence-electron chi connectivity index (χ1n) is 10.4. The number of aromatic nitrogens is 1. The maximum atomic E-state index is 12.9. The molecule has 1 aromatic heterocycles. The summed E-state index contributed by atoms with van der Waals surface area (Å²) in [6.45, 7) is 5.99. The molecule has 0 aliphatic carbocycles. The van der Waals surface area contributed by atoms with Crippen LogP contribution >= 0.6 is 0 Å². The van der Waals surface area contributed by atoms with Crippen molar-refractivity contribution in [3.63, 3.8) is 0 Å². The van der Waals surface area contributed by atoms with E-state index in [0.717, 1.165) is 30.4 Å². The number of ether oxygens (including phenoxy) is 1. The number of hydrogen-bond acceptors (Lipinski definition) is 4. The molecule has 0 unspecified atom stereocenters. The molecule has 1 saturated heterocycles. The molecule has 1 N–H and O–H groups in total. The van der Waals surface area contributed by atoms with Gasteiger partial charge >= 0.3 is 0 Å². The molecule has 3 rings (SSSR count). The lowest BCUT2D eigenvalue weighted by Crippen LogP contribution is -2.35. The van der Waals surface area contributed by atoms with Gasteiger partial charge in [0.15, 0.2) is 0 Å². The molecule has 0 bridgehead atoms. The highest BCUT2D eigenvalue weighted by Crippen LogP contribution is 2.22. The lowest BCUT2D eigenvalue weighted by molar-refractivity contribution is 0.0657. The Labute approximate surface area is 179 Å². The molecular weight excluding hydrogens is 402 g/mol. The SMILES string of the molecule is CC(C)OCc1ccc(CNC(=O)c2cc(S(=O)(=O)N3CCCCC3)cn2C)cc1. The molecule has 2 aromatic rings. The summed E-state index contributed by atoms with van der Waals surface area (Å²) >= 11 is 0. The van der Waals surface area contributed by atoms with Gasteiger partial charge in [0.05, 0.1) is 12.7 Å². The molecule has 1 aliphatic heterocycles. The molecule has 7 nitrogen and oxygen atoms in total. The molecule has 0 spiro atoms. The van der Waals surface area contributed by atoms with Crippen LogP contribution in [-0.2, 0) is 35.0 Å². The van der Waals surface area contributed by atoms with E-state index in [4.69, 9.17) is 4.74 Å². The predicted molar refractivity (Wildman–Crippen MR) is 116 cm³/mol. The molecule has 1 aliphatic rings. The van der Waals surface area contributed by atoms with Crippen molar-refractivity contribution in [2.24, 2.45) is 7.05 Å². The molecule has 8 heteroatoms. The molecule has 1 fully saturated rings. The number of hydrogen-bond donors (Lipinski definition) is 1. The van der Waals surface area contributed by atoms with Gasteiger partial charge in [-0.3, -0.25) is 4.79 Å². The van der Waals surface area contributed by atoms with Crippen LogP contribution in [0.2, 0.25) is 0 Å². The summed E-state index contributed by atoms with van der Waals surface area (Å²) in [7, 11) is -1.87. The summed E-state index contributed by atoms with van der Waals surface area (Å²) in [6.07, 6.45) is 4.50. The second-order valence-electron chi connectivity index (χ2n) is 8.00. The Balaban J connectivity index is 1.62. The normalized spacial score (nSPS) is 15.5. The third kappa shape index (κ3) is 5.50. The summed E-state index contributed by atoms with van der Waals surface area (Å²) in [6, 6.07) is 9.34. The van der Waals surface area contributed by atoms with E-state index in [-0.39, 0.29) is 16.9 Å². The number of aryl methyl sites for hydroxylation is 1. The lowest BCUT2D eigenvalue weighted by atomic mass is 10.1. The third-order valence-corrected chi connectivity index (χ3v) is 7.09. The Morgan fingerprint density at radius 3 is 2.37 bits per heavy atom. The van der Waals surface area contributed by atoms with Crippen LogP contribution in [0.25, 0.3) is 0 Å². The monoisotopic (exact) mass is 433 g/mol. The molecule has 1 aromatic carbocycles. The standard InChI is InChI=1S/C22H31N3O4S/c1-17(2)29-16-19-9-7-18(8-10-19)14-23-22(26)21-13-20(15-24(21)3)30(27,28)25-11-5-4-6-12-25/h7-10,13,15,17H,4-6,11-12,14,16H2,1-3H3,(H,23,26). The second-order valence-corrected chi connectivity index (χ2v) is 9.93. The fourth-order valence-electron chi connectivity index (χ4n) is 3.44. The van der Waals surface area contributed by atoms with E-state index in [1.165, 1.54) is 16.6 Å². The molecule has 2 heterocycles. The van der Waals surface area contributed by atoms with Gasteiger partial charge in [-0.15, -0.1) is 0 Å². The Morgan fingerprint density at radius 1 is 1.10 bits per heavy atom. The van der Waals surface area contributed by atoms with Gasteiger partial charge in [0, 0.05) is 32.9 Å². The van der Waals surface area contributed by atoms with Gasteiger partial charge < -0.3 is 14.6 Å². The topological polar surface area (TPSA) is 80.6 Å². The quantitative estimate of drug-likeness (QED) is 0.694. The Bertz CT molecular complexity index is 959. The van der Waals surface area contributed by atoms with Crippen LogP contribution in [0.3, 0.4) is 0 Å². The van der Waals surface area contributed by atoms with Crippen molar-refractivity contribution in [2.45, 2.75) is 57.3 Å². The van der Waals surface area contributed by atoms with Crippen molar-refractivity contribution >= 4 is 15.9 Å². The van der Waals surface area contributed by atoms with E-state index in [9.17, 15) is 13.2 Å². The number of nitrogens with one attached hydrogen (secondary N) is 1. The van der Waals surface area contributed by atoms with Gasteiger partial charge in [0.25, 0.3) is 5.91 Å². The van der Waals surface area contributed by atoms with E-state index < -0.39 is 10.0 Å². The zero-order valence-electron chi connectivity index (χ0n) is 17.9. The van der Waals surface area contributed by atoms with E-state index in [0.29, 0.717) is 31.9 Å². The van der Waals surface area contributed by atoms with Crippen LogP contribution in [0.15, 0.2) is 41.4 Å². The van der Waals surface area contributed by atoms with E-state index in [2.05, 4.69) is 5.32 Å². The largest absolute Gasteiger partial charge is 0.374 e. The fraction of sp³-hybridized carbons (Fsp3) is 0.500. The average molecular weight is 434 g/mol. The summed E-state index contributed by atoms with van der Waals surface area (Å²) in [5.74, 6) is -0.301. The first-order valence-corrected chi connectivity index (χ1v) is 11.9. The number of sulfonamides is 1. The first kappa shape index (κ1) is 22.5. The average Bonchev–Trinajstić information content (AvgIpc) is 3.14. The number of carbonyl (C=O) groups is 1. The predicted octanol–water partition coefficient (Wildman–Crippen LogP) is 3.05. The first-order chi connectivity index (χ1) is 14.3. The number of amides is 1. The minimum absolute atomic E-state index is 0.173. The van der Waals surface area contributed by atoms with Crippen LogP contribution in [-0.4, -0.2) is 42.4 Å². The third-order valence-electron chi connectivity index (χ3n) is 5.22. The summed E-state index contributed by atoms with van der Waals surface area (Å²) in [5, 5.41) is 2.87. The van der Waals surface area contributed by atoms with Crippen molar-refractivity contribution in [3.05, 3.63) is 53.3 Å². The van der Waals surface area contributed by atoms with Crippen molar-refractivity contribution in [1.29, 1.82) is 0 Å². The van der Waals surface area contributed by atoms with Crippen molar-refractivity contribution in [1.82, 2.24) is 14.2 Å². The minimum Gasteiger partial charge on any atom is -0.374 e. The van der Waals surface area contributed by atoms with Crippen molar-refractivity contribution < 1.29 is 17.9 Å². The van der Waals surface area contributed by atoms with Gasteiger partial charge in [0.1, 0.15) is 10.6 Å². The highest BCUT2D eigenvalue weighted by molar-refractivity contribution is 7.89.